The Morgan fingerprint density at radius 3 is 2.86 bits per heavy atom. The van der Waals surface area contributed by atoms with Crippen LogP contribution in [0, 0.1) is 0 Å². The minimum atomic E-state index is -0.753. The highest BCUT2D eigenvalue weighted by Crippen LogP contribution is 2.36. The molecule has 1 fully saturated rings. The number of rotatable bonds is 3. The van der Waals surface area contributed by atoms with Gasteiger partial charge in [0.1, 0.15) is 0 Å². The first-order valence-electron chi connectivity index (χ1n) is 7.53. The fourth-order valence-electron chi connectivity index (χ4n) is 2.97. The van der Waals surface area contributed by atoms with Crippen LogP contribution in [-0.2, 0) is 16.0 Å². The summed E-state index contributed by atoms with van der Waals surface area (Å²) in [5.74, 6) is 1.08. The van der Waals surface area contributed by atoms with Gasteiger partial charge in [0.2, 0.25) is 5.91 Å². The van der Waals surface area contributed by atoms with E-state index in [0.717, 1.165) is 12.2 Å². The highest BCUT2D eigenvalue weighted by Gasteiger charge is 2.36. The van der Waals surface area contributed by atoms with Crippen molar-refractivity contribution >= 4 is 30.1 Å². The molecule has 2 aliphatic rings. The predicted octanol–water partition coefficient (Wildman–Crippen LogP) is 2.06. The first-order chi connectivity index (χ1) is 10.2. The number of hydrogen-bond donors (Lipinski definition) is 2. The highest BCUT2D eigenvalue weighted by atomic mass is 35.5. The molecular formula is C16H23ClN2O2S. The Bertz CT molecular complexity index is 521. The van der Waals surface area contributed by atoms with E-state index in [2.05, 4.69) is 29.6 Å². The van der Waals surface area contributed by atoms with Crippen LogP contribution in [0.25, 0.3) is 0 Å². The number of carbonyl (C=O) groups excluding carboxylic acids is 1. The van der Waals surface area contributed by atoms with Crippen LogP contribution < -0.4 is 11.1 Å². The Balaban J connectivity index is 0.00000176. The lowest BCUT2D eigenvalue weighted by molar-refractivity contribution is -0.129. The number of halogens is 1. The quantitative estimate of drug-likeness (QED) is 0.882. The lowest BCUT2D eigenvalue weighted by Gasteiger charge is -2.33. The minimum Gasteiger partial charge on any atom is -0.381 e. The molecule has 4 nitrogen and oxygen atoms in total. The molecule has 1 amide bonds. The molecule has 1 unspecified atom stereocenters. The van der Waals surface area contributed by atoms with Gasteiger partial charge in [-0.2, -0.15) is 11.8 Å². The highest BCUT2D eigenvalue weighted by molar-refractivity contribution is 7.99. The van der Waals surface area contributed by atoms with E-state index in [1.54, 1.807) is 0 Å². The van der Waals surface area contributed by atoms with E-state index in [4.69, 9.17) is 10.5 Å². The summed E-state index contributed by atoms with van der Waals surface area (Å²) in [4.78, 5) is 12.4. The van der Waals surface area contributed by atoms with Crippen LogP contribution in [0.5, 0.6) is 0 Å². The number of carbonyl (C=O) groups is 1. The standard InChI is InChI=1S/C16H22N2O2S.ClH/c17-16(6-8-20-9-7-16)15(19)18-11-14-13-4-2-1-3-12(13)5-10-21-14;/h1-4,14H,5-11,17H2,(H,18,19);1H. The second kappa shape index (κ2) is 7.68. The molecule has 0 aliphatic carbocycles. The van der Waals surface area contributed by atoms with Gasteiger partial charge in [-0.25, -0.2) is 0 Å². The molecule has 1 aromatic carbocycles. The zero-order valence-electron chi connectivity index (χ0n) is 12.5. The Labute approximate surface area is 142 Å². The normalized spacial score (nSPS) is 23.0. The van der Waals surface area contributed by atoms with Crippen LogP contribution in [0.15, 0.2) is 24.3 Å². The summed E-state index contributed by atoms with van der Waals surface area (Å²) >= 11 is 1.91. The molecule has 2 heterocycles. The van der Waals surface area contributed by atoms with Gasteiger partial charge in [0.15, 0.2) is 0 Å². The zero-order valence-corrected chi connectivity index (χ0v) is 14.2. The molecule has 6 heteroatoms. The van der Waals surface area contributed by atoms with E-state index in [1.165, 1.54) is 11.1 Å². The number of benzene rings is 1. The second-order valence-electron chi connectivity index (χ2n) is 5.79. The van der Waals surface area contributed by atoms with E-state index in [9.17, 15) is 4.79 Å². The van der Waals surface area contributed by atoms with E-state index < -0.39 is 5.54 Å². The third-order valence-corrected chi connectivity index (χ3v) is 5.64. The third-order valence-electron chi connectivity index (χ3n) is 4.38. The summed E-state index contributed by atoms with van der Waals surface area (Å²) in [5.41, 5.74) is 8.22. The summed E-state index contributed by atoms with van der Waals surface area (Å²) in [6.07, 6.45) is 2.32. The number of nitrogens with one attached hydrogen (secondary N) is 1. The second-order valence-corrected chi connectivity index (χ2v) is 7.10. The van der Waals surface area contributed by atoms with Crippen LogP contribution in [0.4, 0.5) is 0 Å². The van der Waals surface area contributed by atoms with Gasteiger partial charge in [0.25, 0.3) is 0 Å². The summed E-state index contributed by atoms with van der Waals surface area (Å²) in [6, 6.07) is 8.52. The van der Waals surface area contributed by atoms with Crippen molar-refractivity contribution in [3.05, 3.63) is 35.4 Å². The first kappa shape index (κ1) is 17.6. The topological polar surface area (TPSA) is 64.4 Å². The van der Waals surface area contributed by atoms with Gasteiger partial charge < -0.3 is 15.8 Å². The number of hydrogen-bond acceptors (Lipinski definition) is 4. The zero-order chi connectivity index (χ0) is 14.7. The number of amides is 1. The molecule has 22 heavy (non-hydrogen) atoms. The van der Waals surface area contributed by atoms with Gasteiger partial charge in [-0.3, -0.25) is 4.79 Å². The molecule has 0 aromatic heterocycles. The van der Waals surface area contributed by atoms with Crippen LogP contribution in [0.1, 0.15) is 29.2 Å². The number of aryl methyl sites for hydroxylation is 1. The predicted molar refractivity (Wildman–Crippen MR) is 92.6 cm³/mol. The fourth-order valence-corrected chi connectivity index (χ4v) is 4.20. The summed E-state index contributed by atoms with van der Waals surface area (Å²) in [5, 5.41) is 3.40. The van der Waals surface area contributed by atoms with E-state index in [1.807, 2.05) is 11.8 Å². The average Bonchev–Trinajstić information content (AvgIpc) is 2.53. The number of ether oxygens (including phenoxy) is 1. The fraction of sp³-hybridized carbons (Fsp3) is 0.562. The molecule has 1 saturated heterocycles. The summed E-state index contributed by atoms with van der Waals surface area (Å²) in [6.45, 7) is 1.80. The maximum Gasteiger partial charge on any atom is 0.240 e. The molecule has 1 aromatic rings. The van der Waals surface area contributed by atoms with Crippen LogP contribution in [0.3, 0.4) is 0 Å². The number of thioether (sulfide) groups is 1. The van der Waals surface area contributed by atoms with Crippen molar-refractivity contribution in [2.75, 3.05) is 25.5 Å². The number of fused-ring (bicyclic) bond motifs is 1. The van der Waals surface area contributed by atoms with Gasteiger partial charge >= 0.3 is 0 Å². The summed E-state index contributed by atoms with van der Waals surface area (Å²) < 4.78 is 5.29. The number of nitrogens with two attached hydrogens (primary N) is 1. The van der Waals surface area contributed by atoms with Gasteiger partial charge in [-0.15, -0.1) is 12.4 Å². The monoisotopic (exact) mass is 342 g/mol. The SMILES string of the molecule is Cl.NC1(C(=O)NCC2SCCc3ccccc32)CCOCC1. The van der Waals surface area contributed by atoms with Crippen molar-refractivity contribution < 1.29 is 9.53 Å². The molecule has 2 aliphatic heterocycles. The van der Waals surface area contributed by atoms with Crippen molar-refractivity contribution in [2.45, 2.75) is 30.1 Å². The lowest BCUT2D eigenvalue weighted by atomic mass is 9.90. The smallest absolute Gasteiger partial charge is 0.240 e. The van der Waals surface area contributed by atoms with E-state index in [-0.39, 0.29) is 18.3 Å². The maximum atomic E-state index is 12.4. The van der Waals surface area contributed by atoms with Crippen LogP contribution >= 0.6 is 24.2 Å². The molecular weight excluding hydrogens is 320 g/mol. The van der Waals surface area contributed by atoms with Crippen molar-refractivity contribution in [3.8, 4) is 0 Å². The van der Waals surface area contributed by atoms with Gasteiger partial charge in [0.05, 0.1) is 5.54 Å². The van der Waals surface area contributed by atoms with Gasteiger partial charge in [0, 0.05) is 25.0 Å². The van der Waals surface area contributed by atoms with E-state index >= 15 is 0 Å². The largest absolute Gasteiger partial charge is 0.381 e. The van der Waals surface area contributed by atoms with Gasteiger partial charge in [-0.05, 0) is 36.1 Å². The molecule has 122 valence electrons. The van der Waals surface area contributed by atoms with Crippen molar-refractivity contribution in [2.24, 2.45) is 5.73 Å². The molecule has 3 rings (SSSR count). The minimum absolute atomic E-state index is 0. The molecule has 1 atom stereocenters. The van der Waals surface area contributed by atoms with Gasteiger partial charge in [-0.1, -0.05) is 24.3 Å². The Morgan fingerprint density at radius 1 is 1.36 bits per heavy atom. The average molecular weight is 343 g/mol. The molecule has 0 bridgehead atoms. The third kappa shape index (κ3) is 3.77. The molecule has 3 N–H and O–H groups in total. The van der Waals surface area contributed by atoms with Crippen LogP contribution in [0.2, 0.25) is 0 Å². The Hall–Kier alpha value is -0.750. The van der Waals surface area contributed by atoms with Crippen molar-refractivity contribution in [3.63, 3.8) is 0 Å². The van der Waals surface area contributed by atoms with Crippen LogP contribution in [-0.4, -0.2) is 37.0 Å². The van der Waals surface area contributed by atoms with Crippen molar-refractivity contribution in [1.82, 2.24) is 5.32 Å². The molecule has 0 radical (unpaired) electrons. The summed E-state index contributed by atoms with van der Waals surface area (Å²) in [7, 11) is 0. The molecule has 0 saturated carbocycles. The Kier molecular flexibility index (Phi) is 6.15. The molecule has 0 spiro atoms. The van der Waals surface area contributed by atoms with E-state index in [0.29, 0.717) is 37.9 Å². The maximum absolute atomic E-state index is 12.4. The lowest BCUT2D eigenvalue weighted by Crippen LogP contribution is -2.57. The Morgan fingerprint density at radius 2 is 2.09 bits per heavy atom. The van der Waals surface area contributed by atoms with Crippen molar-refractivity contribution in [1.29, 1.82) is 0 Å². The first-order valence-corrected chi connectivity index (χ1v) is 8.58.